The van der Waals surface area contributed by atoms with Gasteiger partial charge in [0.15, 0.2) is 28.8 Å². The molecule has 0 fully saturated rings. The van der Waals surface area contributed by atoms with Crippen LogP contribution in [0.25, 0.3) is 22.3 Å². The fraction of sp³-hybridized carbons (Fsp3) is 0.154. The van der Waals surface area contributed by atoms with Gasteiger partial charge in [-0.3, -0.25) is 9.59 Å². The summed E-state index contributed by atoms with van der Waals surface area (Å²) in [5.74, 6) is -4.15. The van der Waals surface area contributed by atoms with E-state index in [1.54, 1.807) is 18.2 Å². The molecule has 1 aromatic heterocycles. The van der Waals surface area contributed by atoms with Gasteiger partial charge in [-0.05, 0) is 35.9 Å². The van der Waals surface area contributed by atoms with Crippen LogP contribution in [0.5, 0.6) is 40.2 Å². The number of hydrogen-bond acceptors (Lipinski definition) is 11. The highest BCUT2D eigenvalue weighted by Crippen LogP contribution is 2.46. The number of phenolic OH excluding ortho intramolecular Hbond substituents is 4. The van der Waals surface area contributed by atoms with Gasteiger partial charge in [-0.15, -0.1) is 0 Å². The Morgan fingerprint density at radius 3 is 2.41 bits per heavy atom. The predicted molar refractivity (Wildman–Crippen MR) is 127 cm³/mol. The van der Waals surface area contributed by atoms with Crippen molar-refractivity contribution in [2.45, 2.75) is 12.3 Å². The van der Waals surface area contributed by atoms with Crippen LogP contribution in [0.3, 0.4) is 0 Å². The van der Waals surface area contributed by atoms with Gasteiger partial charge >= 0.3 is 5.97 Å². The monoisotopic (exact) mass is 508 g/mol. The van der Waals surface area contributed by atoms with E-state index in [0.29, 0.717) is 17.1 Å². The zero-order valence-electron chi connectivity index (χ0n) is 19.2. The number of phenols is 4. The minimum atomic E-state index is -1.02. The second-order valence-electron chi connectivity index (χ2n) is 8.29. The van der Waals surface area contributed by atoms with Crippen LogP contribution in [-0.2, 0) is 9.53 Å². The largest absolute Gasteiger partial charge is 0.507 e. The molecular weight excluding hydrogens is 488 g/mol. The molecule has 5 N–H and O–H groups in total. The van der Waals surface area contributed by atoms with E-state index in [1.165, 1.54) is 13.2 Å². The fourth-order valence-electron chi connectivity index (χ4n) is 4.31. The van der Waals surface area contributed by atoms with Crippen molar-refractivity contribution >= 4 is 16.9 Å². The van der Waals surface area contributed by atoms with Gasteiger partial charge in [0.1, 0.15) is 22.5 Å². The number of fused-ring (bicyclic) bond motifs is 2. The Balaban J connectivity index is 1.82. The molecule has 0 spiro atoms. The quantitative estimate of drug-likeness (QED) is 0.197. The summed E-state index contributed by atoms with van der Waals surface area (Å²) in [6.07, 6.45) is -0.302. The summed E-state index contributed by atoms with van der Waals surface area (Å²) in [5, 5.41) is 51.2. The van der Waals surface area contributed by atoms with Crippen LogP contribution in [-0.4, -0.2) is 45.4 Å². The number of rotatable bonds is 5. The standard InChI is InChI=1S/C26H20O11/c1-34-20(31)8-13(11-3-5-18-19(7-11)36-10-35-18)21-16(29)9-17(30)22-23(32)24(33)25(37-26(21)22)12-2-4-14(27)15(28)6-12/h2-7,9,13,27-30,33H,8,10H2,1H3/t13-/m1/s1. The van der Waals surface area contributed by atoms with Crippen molar-refractivity contribution in [3.63, 3.8) is 0 Å². The van der Waals surface area contributed by atoms with Crippen molar-refractivity contribution in [3.8, 4) is 51.6 Å². The number of carbonyl (C=O) groups excluding carboxylic acids is 1. The third-order valence-corrected chi connectivity index (χ3v) is 6.12. The second-order valence-corrected chi connectivity index (χ2v) is 8.29. The first kappa shape index (κ1) is 23.7. The van der Waals surface area contributed by atoms with Crippen molar-refractivity contribution in [1.82, 2.24) is 0 Å². The molecule has 3 aromatic carbocycles. The van der Waals surface area contributed by atoms with E-state index in [1.807, 2.05) is 0 Å². The third kappa shape index (κ3) is 3.96. The zero-order valence-corrected chi connectivity index (χ0v) is 19.2. The van der Waals surface area contributed by atoms with Gasteiger partial charge in [0.2, 0.25) is 18.0 Å². The molecule has 4 aromatic rings. The van der Waals surface area contributed by atoms with Crippen LogP contribution in [0.15, 0.2) is 51.7 Å². The van der Waals surface area contributed by atoms with Crippen LogP contribution >= 0.6 is 0 Å². The molecule has 1 atom stereocenters. The number of ether oxygens (including phenoxy) is 3. The van der Waals surface area contributed by atoms with Crippen molar-refractivity contribution in [3.05, 3.63) is 63.8 Å². The van der Waals surface area contributed by atoms with Crippen molar-refractivity contribution < 1.29 is 49.0 Å². The Bertz CT molecular complexity index is 1620. The second kappa shape index (κ2) is 8.86. The molecule has 0 saturated carbocycles. The van der Waals surface area contributed by atoms with Crippen molar-refractivity contribution in [1.29, 1.82) is 0 Å². The summed E-state index contributed by atoms with van der Waals surface area (Å²) < 4.78 is 21.5. The van der Waals surface area contributed by atoms with Crippen molar-refractivity contribution in [2.75, 3.05) is 13.9 Å². The highest BCUT2D eigenvalue weighted by molar-refractivity contribution is 5.92. The lowest BCUT2D eigenvalue weighted by atomic mass is 9.86. The lowest BCUT2D eigenvalue weighted by molar-refractivity contribution is -0.140. The summed E-state index contributed by atoms with van der Waals surface area (Å²) in [6, 6.07) is 9.24. The molecule has 2 heterocycles. The molecule has 37 heavy (non-hydrogen) atoms. The lowest BCUT2D eigenvalue weighted by Crippen LogP contribution is -2.12. The topological polar surface area (TPSA) is 176 Å². The van der Waals surface area contributed by atoms with Crippen LogP contribution in [0.4, 0.5) is 0 Å². The van der Waals surface area contributed by atoms with Gasteiger partial charge in [-0.1, -0.05) is 6.07 Å². The van der Waals surface area contributed by atoms with E-state index in [2.05, 4.69) is 0 Å². The summed E-state index contributed by atoms with van der Waals surface area (Å²) >= 11 is 0. The van der Waals surface area contributed by atoms with Gasteiger partial charge in [0, 0.05) is 23.1 Å². The molecule has 0 aliphatic carbocycles. The molecule has 0 saturated heterocycles. The molecule has 190 valence electrons. The van der Waals surface area contributed by atoms with Gasteiger partial charge < -0.3 is 44.2 Å². The van der Waals surface area contributed by atoms with E-state index < -0.39 is 57.2 Å². The molecular formula is C26H20O11. The van der Waals surface area contributed by atoms with Crippen LogP contribution in [0.2, 0.25) is 0 Å². The normalized spacial score (nSPS) is 13.0. The Morgan fingerprint density at radius 1 is 0.919 bits per heavy atom. The maximum Gasteiger partial charge on any atom is 0.306 e. The first-order chi connectivity index (χ1) is 17.7. The van der Waals surface area contributed by atoms with E-state index in [0.717, 1.165) is 18.2 Å². The molecule has 0 unspecified atom stereocenters. The van der Waals surface area contributed by atoms with Crippen LogP contribution < -0.4 is 14.9 Å². The van der Waals surface area contributed by atoms with E-state index in [9.17, 15) is 35.1 Å². The Morgan fingerprint density at radius 2 is 1.68 bits per heavy atom. The maximum atomic E-state index is 13.2. The summed E-state index contributed by atoms with van der Waals surface area (Å²) in [4.78, 5) is 25.6. The van der Waals surface area contributed by atoms with Gasteiger partial charge in [0.05, 0.1) is 13.5 Å². The molecule has 0 bridgehead atoms. The van der Waals surface area contributed by atoms with Crippen molar-refractivity contribution in [2.24, 2.45) is 0 Å². The minimum Gasteiger partial charge on any atom is -0.507 e. The minimum absolute atomic E-state index is 0.00479. The number of benzene rings is 3. The summed E-state index contributed by atoms with van der Waals surface area (Å²) in [7, 11) is 1.20. The molecule has 0 amide bonds. The lowest BCUT2D eigenvalue weighted by Gasteiger charge is -2.21. The van der Waals surface area contributed by atoms with Gasteiger partial charge in [0.25, 0.3) is 0 Å². The number of aromatic hydroxyl groups is 5. The first-order valence-electron chi connectivity index (χ1n) is 10.9. The third-order valence-electron chi connectivity index (χ3n) is 6.12. The summed E-state index contributed by atoms with van der Waals surface area (Å²) in [6.45, 7) is 0.00479. The number of hydrogen-bond donors (Lipinski definition) is 5. The average Bonchev–Trinajstić information content (AvgIpc) is 3.34. The number of esters is 1. The predicted octanol–water partition coefficient (Wildman–Crippen LogP) is 3.41. The number of carbonyl (C=O) groups is 1. The molecule has 11 nitrogen and oxygen atoms in total. The molecule has 11 heteroatoms. The highest BCUT2D eigenvalue weighted by Gasteiger charge is 2.31. The van der Waals surface area contributed by atoms with Crippen LogP contribution in [0, 0.1) is 0 Å². The molecule has 0 radical (unpaired) electrons. The smallest absolute Gasteiger partial charge is 0.306 e. The molecule has 1 aliphatic rings. The Hall–Kier alpha value is -5.06. The van der Waals surface area contributed by atoms with E-state index >= 15 is 0 Å². The van der Waals surface area contributed by atoms with E-state index in [-0.39, 0.29) is 29.9 Å². The fourth-order valence-corrected chi connectivity index (χ4v) is 4.31. The van der Waals surface area contributed by atoms with Gasteiger partial charge in [-0.25, -0.2) is 0 Å². The molecule has 1 aliphatic heterocycles. The average molecular weight is 508 g/mol. The molecule has 5 rings (SSSR count). The van der Waals surface area contributed by atoms with Gasteiger partial charge in [-0.2, -0.15) is 0 Å². The van der Waals surface area contributed by atoms with Crippen LogP contribution in [0.1, 0.15) is 23.5 Å². The number of methoxy groups -OCH3 is 1. The maximum absolute atomic E-state index is 13.2. The zero-order chi connectivity index (χ0) is 26.4. The SMILES string of the molecule is COC(=O)C[C@H](c1ccc2c(c1)OCO2)c1c(O)cc(O)c2c(=O)c(O)c(-c3ccc(O)c(O)c3)oc12. The Kier molecular flexibility index (Phi) is 5.67. The first-order valence-corrected chi connectivity index (χ1v) is 10.9. The highest BCUT2D eigenvalue weighted by atomic mass is 16.7. The summed E-state index contributed by atoms with van der Waals surface area (Å²) in [5.41, 5.74) is -0.886. The Labute approximate surface area is 207 Å². The van der Waals surface area contributed by atoms with E-state index in [4.69, 9.17) is 18.6 Å².